The Balaban J connectivity index is 2.39. The van der Waals surface area contributed by atoms with E-state index < -0.39 is 11.4 Å². The van der Waals surface area contributed by atoms with Gasteiger partial charge < -0.3 is 14.6 Å². The molecule has 2 rings (SSSR count). The van der Waals surface area contributed by atoms with Gasteiger partial charge in [-0.15, -0.1) is 0 Å². The molecular weight excluding hydrogens is 280 g/mol. The number of ether oxygens (including phenoxy) is 2. The first-order chi connectivity index (χ1) is 10.5. The third-order valence-corrected chi connectivity index (χ3v) is 3.89. The zero-order valence-corrected chi connectivity index (χ0v) is 13.0. The molecule has 2 aromatic carbocycles. The Labute approximate surface area is 130 Å². The molecule has 116 valence electrons. The second-order valence-corrected chi connectivity index (χ2v) is 5.37. The van der Waals surface area contributed by atoms with Gasteiger partial charge in [0.25, 0.3) is 0 Å². The summed E-state index contributed by atoms with van der Waals surface area (Å²) < 4.78 is 10.5. The largest absolute Gasteiger partial charge is 0.493 e. The van der Waals surface area contributed by atoms with Crippen molar-refractivity contribution in [1.82, 2.24) is 0 Å². The topological polar surface area (TPSA) is 55.8 Å². The van der Waals surface area contributed by atoms with Crippen LogP contribution in [0.4, 0.5) is 0 Å². The summed E-state index contributed by atoms with van der Waals surface area (Å²) in [5, 5.41) is 9.72. The van der Waals surface area contributed by atoms with Gasteiger partial charge in [-0.25, -0.2) is 0 Å². The molecule has 0 saturated heterocycles. The zero-order valence-electron chi connectivity index (χ0n) is 13.0. The number of aliphatic carboxylic acids is 1. The average molecular weight is 300 g/mol. The van der Waals surface area contributed by atoms with E-state index in [0.717, 1.165) is 11.1 Å². The summed E-state index contributed by atoms with van der Waals surface area (Å²) >= 11 is 0. The Kier molecular flexibility index (Phi) is 4.71. The molecule has 0 amide bonds. The lowest BCUT2D eigenvalue weighted by atomic mass is 9.77. The van der Waals surface area contributed by atoms with Crippen molar-refractivity contribution in [2.45, 2.75) is 18.8 Å². The van der Waals surface area contributed by atoms with E-state index in [9.17, 15) is 9.90 Å². The minimum atomic E-state index is -0.999. The monoisotopic (exact) mass is 300 g/mol. The van der Waals surface area contributed by atoms with Crippen molar-refractivity contribution in [3.63, 3.8) is 0 Å². The van der Waals surface area contributed by atoms with Crippen LogP contribution in [0.2, 0.25) is 0 Å². The molecule has 0 fully saturated rings. The van der Waals surface area contributed by atoms with Crippen LogP contribution in [0.1, 0.15) is 18.1 Å². The van der Waals surface area contributed by atoms with E-state index in [1.54, 1.807) is 27.2 Å². The normalized spacial score (nSPS) is 13.2. The van der Waals surface area contributed by atoms with E-state index >= 15 is 0 Å². The fourth-order valence-corrected chi connectivity index (χ4v) is 2.51. The van der Waals surface area contributed by atoms with Crippen molar-refractivity contribution in [1.29, 1.82) is 0 Å². The van der Waals surface area contributed by atoms with E-state index in [0.29, 0.717) is 17.9 Å². The van der Waals surface area contributed by atoms with Crippen LogP contribution >= 0.6 is 0 Å². The van der Waals surface area contributed by atoms with Gasteiger partial charge in [-0.05, 0) is 36.6 Å². The van der Waals surface area contributed by atoms with Crippen molar-refractivity contribution >= 4 is 5.97 Å². The Bertz CT molecular complexity index is 651. The van der Waals surface area contributed by atoms with Gasteiger partial charge >= 0.3 is 5.97 Å². The maximum absolute atomic E-state index is 11.8. The molecular formula is C18H20O4. The molecule has 4 nitrogen and oxygen atoms in total. The Morgan fingerprint density at radius 2 is 1.68 bits per heavy atom. The predicted octanol–water partition coefficient (Wildman–Crippen LogP) is 3.29. The number of hydrogen-bond donors (Lipinski definition) is 1. The van der Waals surface area contributed by atoms with Gasteiger partial charge in [-0.3, -0.25) is 4.79 Å². The average Bonchev–Trinajstić information content (AvgIpc) is 2.55. The first kappa shape index (κ1) is 15.9. The van der Waals surface area contributed by atoms with Gasteiger partial charge in [0, 0.05) is 0 Å². The van der Waals surface area contributed by atoms with Crippen molar-refractivity contribution in [2.24, 2.45) is 0 Å². The minimum Gasteiger partial charge on any atom is -0.493 e. The van der Waals surface area contributed by atoms with Crippen LogP contribution in [0.15, 0.2) is 48.5 Å². The fraction of sp³-hybridized carbons (Fsp3) is 0.278. The van der Waals surface area contributed by atoms with Crippen molar-refractivity contribution in [2.75, 3.05) is 14.2 Å². The highest BCUT2D eigenvalue weighted by molar-refractivity contribution is 5.81. The highest BCUT2D eigenvalue weighted by atomic mass is 16.5. The molecule has 0 heterocycles. The number of rotatable bonds is 6. The van der Waals surface area contributed by atoms with Gasteiger partial charge in [-0.2, -0.15) is 0 Å². The lowest BCUT2D eigenvalue weighted by molar-refractivity contribution is -0.143. The Hall–Kier alpha value is -2.49. The standard InChI is InChI=1S/C18H20O4/c1-18(17(19)20,14-7-5-4-6-8-14)12-13-9-10-15(21-2)16(11-13)22-3/h4-11H,12H2,1-3H3,(H,19,20). The van der Waals surface area contributed by atoms with E-state index in [2.05, 4.69) is 0 Å². The van der Waals surface area contributed by atoms with Crippen molar-refractivity contribution in [3.05, 3.63) is 59.7 Å². The van der Waals surface area contributed by atoms with E-state index in [4.69, 9.17) is 9.47 Å². The van der Waals surface area contributed by atoms with Crippen LogP contribution in [0, 0.1) is 0 Å². The molecule has 0 aliphatic heterocycles. The molecule has 0 aliphatic carbocycles. The number of carboxylic acids is 1. The summed E-state index contributed by atoms with van der Waals surface area (Å²) in [5.41, 5.74) is 0.657. The Morgan fingerprint density at radius 3 is 2.23 bits per heavy atom. The van der Waals surface area contributed by atoms with Crippen LogP contribution in [0.25, 0.3) is 0 Å². The highest BCUT2D eigenvalue weighted by Crippen LogP contribution is 2.33. The molecule has 0 saturated carbocycles. The second kappa shape index (κ2) is 6.52. The molecule has 22 heavy (non-hydrogen) atoms. The highest BCUT2D eigenvalue weighted by Gasteiger charge is 2.35. The number of hydrogen-bond acceptors (Lipinski definition) is 3. The number of benzene rings is 2. The molecule has 0 spiro atoms. The first-order valence-electron chi connectivity index (χ1n) is 7.01. The second-order valence-electron chi connectivity index (χ2n) is 5.37. The van der Waals surface area contributed by atoms with Crippen molar-refractivity contribution < 1.29 is 19.4 Å². The number of methoxy groups -OCH3 is 2. The summed E-state index contributed by atoms with van der Waals surface area (Å²) in [6, 6.07) is 14.7. The number of carboxylic acid groups (broad SMARTS) is 1. The van der Waals surface area contributed by atoms with Gasteiger partial charge in [0.05, 0.1) is 19.6 Å². The first-order valence-corrected chi connectivity index (χ1v) is 7.01. The maximum Gasteiger partial charge on any atom is 0.314 e. The summed E-state index contributed by atoms with van der Waals surface area (Å²) in [6.45, 7) is 1.74. The van der Waals surface area contributed by atoms with Gasteiger partial charge in [0.2, 0.25) is 0 Å². The van der Waals surface area contributed by atoms with Crippen molar-refractivity contribution in [3.8, 4) is 11.5 Å². The molecule has 4 heteroatoms. The molecule has 1 N–H and O–H groups in total. The molecule has 0 aliphatic rings. The third kappa shape index (κ3) is 3.06. The molecule has 2 aromatic rings. The molecule has 0 aromatic heterocycles. The van der Waals surface area contributed by atoms with Gasteiger partial charge in [0.15, 0.2) is 11.5 Å². The summed E-state index contributed by atoms with van der Waals surface area (Å²) in [7, 11) is 3.14. The molecule has 0 radical (unpaired) electrons. The fourth-order valence-electron chi connectivity index (χ4n) is 2.51. The molecule has 1 atom stereocenters. The predicted molar refractivity (Wildman–Crippen MR) is 84.7 cm³/mol. The summed E-state index contributed by atoms with van der Waals surface area (Å²) in [6.07, 6.45) is 0.368. The molecule has 1 unspecified atom stereocenters. The minimum absolute atomic E-state index is 0.368. The quantitative estimate of drug-likeness (QED) is 0.889. The van der Waals surface area contributed by atoms with Gasteiger partial charge in [-0.1, -0.05) is 36.4 Å². The smallest absolute Gasteiger partial charge is 0.314 e. The van der Waals surface area contributed by atoms with E-state index in [-0.39, 0.29) is 0 Å². The third-order valence-electron chi connectivity index (χ3n) is 3.89. The number of carbonyl (C=O) groups is 1. The Morgan fingerprint density at radius 1 is 1.05 bits per heavy atom. The van der Waals surface area contributed by atoms with Gasteiger partial charge in [0.1, 0.15) is 0 Å². The van der Waals surface area contributed by atoms with Crippen LogP contribution in [0.5, 0.6) is 11.5 Å². The summed E-state index contributed by atoms with van der Waals surface area (Å²) in [5.74, 6) is 0.372. The van der Waals surface area contributed by atoms with Crippen LogP contribution in [-0.2, 0) is 16.6 Å². The van der Waals surface area contributed by atoms with Crippen LogP contribution in [-0.4, -0.2) is 25.3 Å². The van der Waals surface area contributed by atoms with Crippen LogP contribution < -0.4 is 9.47 Å². The lowest BCUT2D eigenvalue weighted by Crippen LogP contribution is -2.34. The SMILES string of the molecule is COc1ccc(CC(C)(C(=O)O)c2ccccc2)cc1OC. The van der Waals surface area contributed by atoms with E-state index in [1.165, 1.54) is 0 Å². The van der Waals surface area contributed by atoms with E-state index in [1.807, 2.05) is 42.5 Å². The van der Waals surface area contributed by atoms with Crippen LogP contribution in [0.3, 0.4) is 0 Å². The lowest BCUT2D eigenvalue weighted by Gasteiger charge is -2.26. The molecule has 0 bridgehead atoms. The zero-order chi connectivity index (χ0) is 16.2. The maximum atomic E-state index is 11.8. The summed E-state index contributed by atoms with van der Waals surface area (Å²) in [4.78, 5) is 11.8.